The molecule has 86 valence electrons. The van der Waals surface area contributed by atoms with Gasteiger partial charge in [-0.1, -0.05) is 0 Å². The van der Waals surface area contributed by atoms with Gasteiger partial charge < -0.3 is 14.2 Å². The van der Waals surface area contributed by atoms with Crippen LogP contribution in [0.1, 0.15) is 10.4 Å². The fourth-order valence-electron chi connectivity index (χ4n) is 1.23. The lowest BCUT2D eigenvalue weighted by Crippen LogP contribution is -2.03. The number of esters is 1. The SMILES string of the molecule is COC(=O)c1cc(OC)c(OC)cc1N=N. The summed E-state index contributed by atoms with van der Waals surface area (Å²) in [5, 5.41) is 3.24. The van der Waals surface area contributed by atoms with Crippen LogP contribution in [-0.4, -0.2) is 27.3 Å². The first-order chi connectivity index (χ1) is 7.67. The Morgan fingerprint density at radius 3 is 2.19 bits per heavy atom. The van der Waals surface area contributed by atoms with Crippen LogP contribution in [-0.2, 0) is 4.74 Å². The van der Waals surface area contributed by atoms with E-state index in [1.807, 2.05) is 0 Å². The van der Waals surface area contributed by atoms with Crippen LogP contribution in [0.4, 0.5) is 5.69 Å². The van der Waals surface area contributed by atoms with Gasteiger partial charge in [0.2, 0.25) is 0 Å². The summed E-state index contributed by atoms with van der Waals surface area (Å²) in [4.78, 5) is 11.4. The van der Waals surface area contributed by atoms with Crippen molar-refractivity contribution in [2.24, 2.45) is 5.11 Å². The zero-order valence-electron chi connectivity index (χ0n) is 9.23. The molecule has 6 nitrogen and oxygen atoms in total. The van der Waals surface area contributed by atoms with E-state index in [4.69, 9.17) is 15.0 Å². The molecule has 0 aliphatic heterocycles. The molecular weight excluding hydrogens is 212 g/mol. The van der Waals surface area contributed by atoms with E-state index >= 15 is 0 Å². The fraction of sp³-hybridized carbons (Fsp3) is 0.300. The van der Waals surface area contributed by atoms with E-state index in [1.54, 1.807) is 0 Å². The van der Waals surface area contributed by atoms with Gasteiger partial charge in [-0.05, 0) is 0 Å². The lowest BCUT2D eigenvalue weighted by molar-refractivity contribution is 0.0601. The highest BCUT2D eigenvalue weighted by atomic mass is 16.5. The minimum atomic E-state index is -0.577. The Kier molecular flexibility index (Phi) is 3.82. The summed E-state index contributed by atoms with van der Waals surface area (Å²) in [5.74, 6) is 0.211. The molecule has 0 aliphatic carbocycles. The molecule has 0 unspecified atom stereocenters. The molecule has 0 bridgehead atoms. The van der Waals surface area contributed by atoms with Gasteiger partial charge in [0.15, 0.2) is 11.5 Å². The number of nitrogens with zero attached hydrogens (tertiary/aromatic N) is 1. The van der Waals surface area contributed by atoms with Crippen molar-refractivity contribution in [2.75, 3.05) is 21.3 Å². The van der Waals surface area contributed by atoms with E-state index in [9.17, 15) is 4.79 Å². The maximum atomic E-state index is 11.4. The number of methoxy groups -OCH3 is 3. The molecule has 0 fully saturated rings. The summed E-state index contributed by atoms with van der Waals surface area (Å²) in [6.45, 7) is 0. The second kappa shape index (κ2) is 5.11. The molecule has 1 aromatic rings. The number of rotatable bonds is 4. The Morgan fingerprint density at radius 1 is 1.19 bits per heavy atom. The van der Waals surface area contributed by atoms with E-state index < -0.39 is 5.97 Å². The van der Waals surface area contributed by atoms with Gasteiger partial charge in [0.25, 0.3) is 0 Å². The van der Waals surface area contributed by atoms with Crippen LogP contribution in [0.2, 0.25) is 0 Å². The summed E-state index contributed by atoms with van der Waals surface area (Å²) in [7, 11) is 4.17. The van der Waals surface area contributed by atoms with Crippen molar-refractivity contribution in [1.29, 1.82) is 5.53 Å². The Hall–Kier alpha value is -2.11. The third-order valence-corrected chi connectivity index (χ3v) is 2.03. The van der Waals surface area contributed by atoms with Crippen LogP contribution < -0.4 is 9.47 Å². The molecular formula is C10H12N2O4. The molecule has 1 aromatic carbocycles. The molecule has 0 amide bonds. The highest BCUT2D eigenvalue weighted by Crippen LogP contribution is 2.34. The molecule has 1 rings (SSSR count). The number of nitrogens with one attached hydrogen (secondary N) is 1. The maximum Gasteiger partial charge on any atom is 0.340 e. The molecule has 0 radical (unpaired) electrons. The molecule has 0 saturated carbocycles. The van der Waals surface area contributed by atoms with Gasteiger partial charge in [0.1, 0.15) is 5.69 Å². The summed E-state index contributed by atoms with van der Waals surface area (Å²) >= 11 is 0. The highest BCUT2D eigenvalue weighted by Gasteiger charge is 2.17. The van der Waals surface area contributed by atoms with Gasteiger partial charge >= 0.3 is 5.97 Å². The van der Waals surface area contributed by atoms with E-state index in [0.29, 0.717) is 11.5 Å². The van der Waals surface area contributed by atoms with Crippen LogP contribution in [0.15, 0.2) is 17.2 Å². The van der Waals surface area contributed by atoms with Crippen molar-refractivity contribution in [3.8, 4) is 11.5 Å². The number of benzene rings is 1. The van der Waals surface area contributed by atoms with Gasteiger partial charge in [0, 0.05) is 12.1 Å². The zero-order valence-corrected chi connectivity index (χ0v) is 9.23. The number of carbonyl (C=O) groups excluding carboxylic acids is 1. The average Bonchev–Trinajstić information content (AvgIpc) is 2.35. The van der Waals surface area contributed by atoms with Gasteiger partial charge in [-0.15, -0.1) is 0 Å². The normalized spacial score (nSPS) is 9.44. The zero-order chi connectivity index (χ0) is 12.1. The second-order valence-electron chi connectivity index (χ2n) is 2.83. The Labute approximate surface area is 92.6 Å². The van der Waals surface area contributed by atoms with Crippen molar-refractivity contribution < 1.29 is 19.0 Å². The van der Waals surface area contributed by atoms with Gasteiger partial charge in [-0.25, -0.2) is 10.3 Å². The Balaban J connectivity index is 3.37. The lowest BCUT2D eigenvalue weighted by atomic mass is 10.1. The number of ether oxygens (including phenoxy) is 3. The number of hydrogen-bond donors (Lipinski definition) is 1. The van der Waals surface area contributed by atoms with Crippen molar-refractivity contribution >= 4 is 11.7 Å². The van der Waals surface area contributed by atoms with Crippen molar-refractivity contribution in [3.63, 3.8) is 0 Å². The van der Waals surface area contributed by atoms with Crippen LogP contribution in [0.5, 0.6) is 11.5 Å². The monoisotopic (exact) mass is 224 g/mol. The number of hydrogen-bond acceptors (Lipinski definition) is 6. The minimum absolute atomic E-state index is 0.162. The quantitative estimate of drug-likeness (QED) is 0.627. The van der Waals surface area contributed by atoms with Crippen molar-refractivity contribution in [2.45, 2.75) is 0 Å². The Bertz CT molecular complexity index is 418. The van der Waals surface area contributed by atoms with Crippen molar-refractivity contribution in [3.05, 3.63) is 17.7 Å². The third kappa shape index (κ3) is 2.10. The molecule has 0 spiro atoms. The molecule has 0 saturated heterocycles. The van der Waals surface area contributed by atoms with Gasteiger partial charge in [0.05, 0.1) is 26.9 Å². The molecule has 6 heteroatoms. The Morgan fingerprint density at radius 2 is 1.75 bits per heavy atom. The molecule has 0 aromatic heterocycles. The summed E-state index contributed by atoms with van der Waals surface area (Å²) in [6, 6.07) is 2.87. The first-order valence-electron chi connectivity index (χ1n) is 4.39. The molecule has 0 heterocycles. The van der Waals surface area contributed by atoms with Crippen LogP contribution >= 0.6 is 0 Å². The number of carbonyl (C=O) groups is 1. The lowest BCUT2D eigenvalue weighted by Gasteiger charge is -2.10. The summed E-state index contributed by atoms with van der Waals surface area (Å²) in [6.07, 6.45) is 0. The predicted molar refractivity (Wildman–Crippen MR) is 55.7 cm³/mol. The molecule has 0 atom stereocenters. The predicted octanol–water partition coefficient (Wildman–Crippen LogP) is 2.15. The van der Waals surface area contributed by atoms with Crippen LogP contribution in [0.25, 0.3) is 0 Å². The van der Waals surface area contributed by atoms with Crippen molar-refractivity contribution in [1.82, 2.24) is 0 Å². The van der Waals surface area contributed by atoms with E-state index in [2.05, 4.69) is 9.85 Å². The standard InChI is InChI=1S/C10H12N2O4/c1-14-8-4-6(10(13)16-3)7(12-11)5-9(8)15-2/h4-5,11H,1-3H3. The fourth-order valence-corrected chi connectivity index (χ4v) is 1.23. The topological polar surface area (TPSA) is 81.0 Å². The molecule has 0 aliphatic rings. The van der Waals surface area contributed by atoms with E-state index in [0.717, 1.165) is 0 Å². The maximum absolute atomic E-state index is 11.4. The summed E-state index contributed by atoms with van der Waals surface area (Å²) in [5.41, 5.74) is 7.31. The molecule has 1 N–H and O–H groups in total. The first-order valence-corrected chi connectivity index (χ1v) is 4.39. The summed E-state index contributed by atoms with van der Waals surface area (Å²) < 4.78 is 14.6. The third-order valence-electron chi connectivity index (χ3n) is 2.03. The highest BCUT2D eigenvalue weighted by molar-refractivity contribution is 5.95. The van der Waals surface area contributed by atoms with Crippen LogP contribution in [0, 0.1) is 5.53 Å². The second-order valence-corrected chi connectivity index (χ2v) is 2.83. The smallest absolute Gasteiger partial charge is 0.340 e. The van der Waals surface area contributed by atoms with Crippen LogP contribution in [0.3, 0.4) is 0 Å². The first kappa shape index (κ1) is 12.0. The van der Waals surface area contributed by atoms with E-state index in [-0.39, 0.29) is 11.3 Å². The minimum Gasteiger partial charge on any atom is -0.493 e. The van der Waals surface area contributed by atoms with Gasteiger partial charge in [-0.2, -0.15) is 5.11 Å². The largest absolute Gasteiger partial charge is 0.493 e. The average molecular weight is 224 g/mol. The van der Waals surface area contributed by atoms with Gasteiger partial charge in [-0.3, -0.25) is 0 Å². The molecule has 16 heavy (non-hydrogen) atoms. The van der Waals surface area contributed by atoms with E-state index in [1.165, 1.54) is 33.5 Å².